The first-order chi connectivity index (χ1) is 9.13. The van der Waals surface area contributed by atoms with Crippen LogP contribution in [0.1, 0.15) is 28.5 Å². The lowest BCUT2D eigenvalue weighted by Crippen LogP contribution is -2.06. The van der Waals surface area contributed by atoms with E-state index in [2.05, 4.69) is 22.2 Å². The van der Waals surface area contributed by atoms with E-state index in [-0.39, 0.29) is 6.04 Å². The van der Waals surface area contributed by atoms with Gasteiger partial charge >= 0.3 is 0 Å². The molecule has 4 nitrogen and oxygen atoms in total. The van der Waals surface area contributed by atoms with E-state index >= 15 is 0 Å². The summed E-state index contributed by atoms with van der Waals surface area (Å²) in [5, 5.41) is 4.38. The Hall–Kier alpha value is -1.88. The molecule has 0 saturated heterocycles. The Morgan fingerprint density at radius 2 is 2.00 bits per heavy atom. The molecule has 0 aliphatic rings. The van der Waals surface area contributed by atoms with Crippen LogP contribution in [0.3, 0.4) is 0 Å². The fraction of sp³-hybridized carbons (Fsp3) is 0.286. The zero-order valence-corrected chi connectivity index (χ0v) is 11.9. The molecule has 0 saturated carbocycles. The Balaban J connectivity index is 1.86. The number of aromatic nitrogens is 2. The first-order valence-corrected chi connectivity index (χ1v) is 7.01. The van der Waals surface area contributed by atoms with Crippen molar-refractivity contribution in [3.05, 3.63) is 39.8 Å². The van der Waals surface area contributed by atoms with Gasteiger partial charge in [-0.15, -0.1) is 11.3 Å². The SMILES string of the molecule is Cc1nc(C)c(C(C)Nc2nc3ccccc3o2)s1. The summed E-state index contributed by atoms with van der Waals surface area (Å²) in [4.78, 5) is 10.1. The first kappa shape index (κ1) is 12.2. The van der Waals surface area contributed by atoms with Crippen LogP contribution in [0.15, 0.2) is 28.7 Å². The maximum absolute atomic E-state index is 5.67. The largest absolute Gasteiger partial charge is 0.424 e. The normalized spacial score (nSPS) is 12.8. The molecule has 3 aromatic rings. The third kappa shape index (κ3) is 2.33. The number of anilines is 1. The van der Waals surface area contributed by atoms with Gasteiger partial charge in [0.05, 0.1) is 16.7 Å². The van der Waals surface area contributed by atoms with Gasteiger partial charge < -0.3 is 9.73 Å². The second-order valence-electron chi connectivity index (χ2n) is 4.54. The molecule has 0 aliphatic heterocycles. The molecule has 0 amide bonds. The van der Waals surface area contributed by atoms with Crippen molar-refractivity contribution in [2.45, 2.75) is 26.8 Å². The van der Waals surface area contributed by atoms with Crippen molar-refractivity contribution in [2.75, 3.05) is 5.32 Å². The number of hydrogen-bond donors (Lipinski definition) is 1. The lowest BCUT2D eigenvalue weighted by Gasteiger charge is -2.10. The average molecular weight is 273 g/mol. The van der Waals surface area contributed by atoms with Crippen LogP contribution in [-0.4, -0.2) is 9.97 Å². The summed E-state index contributed by atoms with van der Waals surface area (Å²) in [7, 11) is 0. The lowest BCUT2D eigenvalue weighted by molar-refractivity contribution is 0.604. The van der Waals surface area contributed by atoms with E-state index in [9.17, 15) is 0 Å². The van der Waals surface area contributed by atoms with E-state index in [0.29, 0.717) is 6.01 Å². The van der Waals surface area contributed by atoms with Gasteiger partial charge in [-0.2, -0.15) is 4.98 Å². The molecule has 0 fully saturated rings. The number of para-hydroxylation sites is 2. The molecule has 1 aromatic carbocycles. The van der Waals surface area contributed by atoms with Crippen LogP contribution >= 0.6 is 11.3 Å². The predicted octanol–water partition coefficient (Wildman–Crippen LogP) is 4.07. The third-order valence-corrected chi connectivity index (χ3v) is 4.22. The van der Waals surface area contributed by atoms with Gasteiger partial charge in [-0.3, -0.25) is 0 Å². The fourth-order valence-corrected chi connectivity index (χ4v) is 3.06. The van der Waals surface area contributed by atoms with Gasteiger partial charge in [0, 0.05) is 4.88 Å². The van der Waals surface area contributed by atoms with Crippen LogP contribution in [0, 0.1) is 13.8 Å². The Labute approximate surface area is 115 Å². The van der Waals surface area contributed by atoms with E-state index in [1.807, 2.05) is 38.1 Å². The maximum atomic E-state index is 5.67. The molecule has 0 bridgehead atoms. The molecule has 2 aromatic heterocycles. The summed E-state index contributed by atoms with van der Waals surface area (Å²) in [5.41, 5.74) is 2.74. The second-order valence-corrected chi connectivity index (χ2v) is 5.77. The van der Waals surface area contributed by atoms with Crippen LogP contribution in [-0.2, 0) is 0 Å². The minimum absolute atomic E-state index is 0.138. The Morgan fingerprint density at radius 1 is 1.21 bits per heavy atom. The number of nitrogens with zero attached hydrogens (tertiary/aromatic N) is 2. The predicted molar refractivity (Wildman–Crippen MR) is 77.6 cm³/mol. The van der Waals surface area contributed by atoms with Crippen molar-refractivity contribution in [3.8, 4) is 0 Å². The van der Waals surface area contributed by atoms with E-state index in [1.165, 1.54) is 4.88 Å². The Morgan fingerprint density at radius 3 is 2.68 bits per heavy atom. The zero-order chi connectivity index (χ0) is 13.4. The monoisotopic (exact) mass is 273 g/mol. The van der Waals surface area contributed by atoms with E-state index in [1.54, 1.807) is 11.3 Å². The van der Waals surface area contributed by atoms with Crippen molar-refractivity contribution in [1.29, 1.82) is 0 Å². The van der Waals surface area contributed by atoms with Crippen LogP contribution < -0.4 is 5.32 Å². The maximum Gasteiger partial charge on any atom is 0.296 e. The zero-order valence-electron chi connectivity index (χ0n) is 11.1. The smallest absolute Gasteiger partial charge is 0.296 e. The van der Waals surface area contributed by atoms with Gasteiger partial charge in [-0.1, -0.05) is 12.1 Å². The van der Waals surface area contributed by atoms with E-state index in [0.717, 1.165) is 21.8 Å². The summed E-state index contributed by atoms with van der Waals surface area (Å²) in [6, 6.07) is 8.45. The number of thiazole rings is 1. The second kappa shape index (κ2) is 4.66. The number of benzene rings is 1. The molecule has 0 radical (unpaired) electrons. The molecule has 1 unspecified atom stereocenters. The lowest BCUT2D eigenvalue weighted by atomic mass is 10.2. The van der Waals surface area contributed by atoms with Crippen LogP contribution in [0.4, 0.5) is 6.01 Å². The van der Waals surface area contributed by atoms with Crippen molar-refractivity contribution >= 4 is 28.5 Å². The van der Waals surface area contributed by atoms with E-state index < -0.39 is 0 Å². The van der Waals surface area contributed by atoms with Crippen molar-refractivity contribution < 1.29 is 4.42 Å². The van der Waals surface area contributed by atoms with Crippen LogP contribution in [0.5, 0.6) is 0 Å². The number of nitrogens with one attached hydrogen (secondary N) is 1. The fourth-order valence-electron chi connectivity index (χ4n) is 2.13. The Kier molecular flexibility index (Phi) is 2.98. The van der Waals surface area contributed by atoms with E-state index in [4.69, 9.17) is 4.42 Å². The highest BCUT2D eigenvalue weighted by Crippen LogP contribution is 2.28. The molecule has 19 heavy (non-hydrogen) atoms. The number of aryl methyl sites for hydroxylation is 2. The number of rotatable bonds is 3. The first-order valence-electron chi connectivity index (χ1n) is 6.19. The molecule has 3 rings (SSSR count). The molecule has 1 N–H and O–H groups in total. The molecule has 0 aliphatic carbocycles. The number of oxazole rings is 1. The highest BCUT2D eigenvalue weighted by atomic mass is 32.1. The van der Waals surface area contributed by atoms with Gasteiger partial charge in [-0.05, 0) is 32.9 Å². The summed E-state index contributed by atoms with van der Waals surface area (Å²) in [6.07, 6.45) is 0. The molecule has 5 heteroatoms. The summed E-state index contributed by atoms with van der Waals surface area (Å²) in [5.74, 6) is 0. The summed E-state index contributed by atoms with van der Waals surface area (Å²) < 4.78 is 5.67. The minimum atomic E-state index is 0.138. The molecular weight excluding hydrogens is 258 g/mol. The van der Waals surface area contributed by atoms with Gasteiger partial charge in [-0.25, -0.2) is 4.98 Å². The van der Waals surface area contributed by atoms with Crippen molar-refractivity contribution in [1.82, 2.24) is 9.97 Å². The van der Waals surface area contributed by atoms with Crippen LogP contribution in [0.2, 0.25) is 0 Å². The third-order valence-electron chi connectivity index (χ3n) is 2.97. The van der Waals surface area contributed by atoms with Gasteiger partial charge in [0.25, 0.3) is 6.01 Å². The molecule has 98 valence electrons. The number of fused-ring (bicyclic) bond motifs is 1. The van der Waals surface area contributed by atoms with Gasteiger partial charge in [0.15, 0.2) is 5.58 Å². The number of hydrogen-bond acceptors (Lipinski definition) is 5. The van der Waals surface area contributed by atoms with Gasteiger partial charge in [0.1, 0.15) is 5.52 Å². The van der Waals surface area contributed by atoms with Crippen LogP contribution in [0.25, 0.3) is 11.1 Å². The highest BCUT2D eigenvalue weighted by Gasteiger charge is 2.15. The van der Waals surface area contributed by atoms with Crippen molar-refractivity contribution in [3.63, 3.8) is 0 Å². The highest BCUT2D eigenvalue weighted by molar-refractivity contribution is 7.11. The summed E-state index contributed by atoms with van der Waals surface area (Å²) in [6.45, 7) is 6.14. The molecular formula is C14H15N3OS. The topological polar surface area (TPSA) is 51.0 Å². The standard InChI is InChI=1S/C14H15N3OS/c1-8-13(19-10(3)15-8)9(2)16-14-17-11-6-4-5-7-12(11)18-14/h4-7,9H,1-3H3,(H,16,17). The Bertz CT molecular complexity index is 683. The average Bonchev–Trinajstić information content (AvgIpc) is 2.91. The molecule has 0 spiro atoms. The van der Waals surface area contributed by atoms with Gasteiger partial charge in [0.2, 0.25) is 0 Å². The van der Waals surface area contributed by atoms with Crippen molar-refractivity contribution in [2.24, 2.45) is 0 Å². The minimum Gasteiger partial charge on any atom is -0.424 e. The molecule has 2 heterocycles. The summed E-state index contributed by atoms with van der Waals surface area (Å²) >= 11 is 1.71. The molecule has 1 atom stereocenters. The quantitative estimate of drug-likeness (QED) is 0.781.